The lowest BCUT2D eigenvalue weighted by molar-refractivity contribution is -0.384. The van der Waals surface area contributed by atoms with E-state index >= 15 is 0 Å². The minimum atomic E-state index is -4.70. The van der Waals surface area contributed by atoms with Crippen LogP contribution < -0.4 is 4.90 Å². The van der Waals surface area contributed by atoms with Gasteiger partial charge in [0.05, 0.1) is 22.1 Å². The number of nitro benzene ring substituents is 1. The van der Waals surface area contributed by atoms with E-state index in [4.69, 9.17) is 0 Å². The Balaban J connectivity index is 1.94. The molecule has 1 N–H and O–H groups in total. The molecule has 0 aromatic heterocycles. The first-order valence-corrected chi connectivity index (χ1v) is 9.87. The first-order chi connectivity index (χ1) is 16.1. The highest BCUT2D eigenvalue weighted by Gasteiger charge is 2.47. The normalized spacial score (nSPS) is 17.7. The van der Waals surface area contributed by atoms with Gasteiger partial charge in [-0.15, -0.1) is 0 Å². The second kappa shape index (κ2) is 8.47. The lowest BCUT2D eigenvalue weighted by Crippen LogP contribution is -2.29. The van der Waals surface area contributed by atoms with E-state index in [0.717, 1.165) is 35.2 Å². The molecule has 3 aromatic carbocycles. The Morgan fingerprint density at radius 3 is 2.18 bits per heavy atom. The van der Waals surface area contributed by atoms with Crippen LogP contribution in [0.15, 0.2) is 84.4 Å². The maximum atomic E-state index is 13.3. The predicted molar refractivity (Wildman–Crippen MR) is 116 cm³/mol. The van der Waals surface area contributed by atoms with Gasteiger partial charge in [-0.25, -0.2) is 0 Å². The summed E-state index contributed by atoms with van der Waals surface area (Å²) >= 11 is 0. The van der Waals surface area contributed by atoms with Crippen molar-refractivity contribution in [2.24, 2.45) is 0 Å². The van der Waals surface area contributed by atoms with Gasteiger partial charge in [-0.1, -0.05) is 36.4 Å². The summed E-state index contributed by atoms with van der Waals surface area (Å²) in [4.78, 5) is 37.3. The van der Waals surface area contributed by atoms with Crippen LogP contribution in [0.5, 0.6) is 0 Å². The number of aliphatic hydroxyl groups excluding tert-OH is 1. The number of hydrogen-bond donors (Lipinski definition) is 1. The minimum Gasteiger partial charge on any atom is -0.507 e. The Morgan fingerprint density at radius 1 is 0.941 bits per heavy atom. The summed E-state index contributed by atoms with van der Waals surface area (Å²) in [5, 5.41) is 22.0. The summed E-state index contributed by atoms with van der Waals surface area (Å²) in [5.74, 6) is -2.75. The van der Waals surface area contributed by atoms with Gasteiger partial charge in [-0.3, -0.25) is 24.6 Å². The number of rotatable bonds is 4. The third-order valence-corrected chi connectivity index (χ3v) is 5.36. The number of carbonyl (C=O) groups excluding carboxylic acids is 2. The number of alkyl halides is 3. The Morgan fingerprint density at radius 2 is 1.59 bits per heavy atom. The number of hydrogen-bond acceptors (Lipinski definition) is 5. The maximum Gasteiger partial charge on any atom is 0.416 e. The Bertz CT molecular complexity index is 1320. The number of nitro groups is 1. The van der Waals surface area contributed by atoms with E-state index in [9.17, 15) is 38.0 Å². The van der Waals surface area contributed by atoms with E-state index in [2.05, 4.69) is 0 Å². The van der Waals surface area contributed by atoms with Crippen molar-refractivity contribution in [3.63, 3.8) is 0 Å². The smallest absolute Gasteiger partial charge is 0.416 e. The molecule has 172 valence electrons. The quantitative estimate of drug-likeness (QED) is 0.186. The molecule has 7 nitrogen and oxygen atoms in total. The fraction of sp³-hybridized carbons (Fsp3) is 0.0833. The zero-order valence-electron chi connectivity index (χ0n) is 17.2. The fourth-order valence-corrected chi connectivity index (χ4v) is 3.78. The maximum absolute atomic E-state index is 13.3. The molecule has 0 bridgehead atoms. The molecular formula is C24H15F3N2O5. The van der Waals surface area contributed by atoms with Crippen LogP contribution in [-0.2, 0) is 15.8 Å². The molecule has 1 atom stereocenters. The molecule has 1 aliphatic rings. The van der Waals surface area contributed by atoms with Crippen molar-refractivity contribution in [1.82, 2.24) is 0 Å². The average molecular weight is 468 g/mol. The number of halogens is 3. The molecule has 1 fully saturated rings. The number of Topliss-reactive ketones (excluding diaryl/α,β-unsaturated/α-hetero) is 1. The van der Waals surface area contributed by atoms with Crippen LogP contribution in [0.2, 0.25) is 0 Å². The van der Waals surface area contributed by atoms with Gasteiger partial charge in [0.1, 0.15) is 5.76 Å². The van der Waals surface area contributed by atoms with Crippen LogP contribution in [0.4, 0.5) is 24.5 Å². The second-order valence-electron chi connectivity index (χ2n) is 7.43. The van der Waals surface area contributed by atoms with Gasteiger partial charge in [0.15, 0.2) is 0 Å². The molecule has 1 aliphatic heterocycles. The monoisotopic (exact) mass is 468 g/mol. The van der Waals surface area contributed by atoms with Crippen LogP contribution in [0.1, 0.15) is 22.7 Å². The zero-order valence-corrected chi connectivity index (χ0v) is 17.2. The number of anilines is 1. The second-order valence-corrected chi connectivity index (χ2v) is 7.43. The van der Waals surface area contributed by atoms with Crippen molar-refractivity contribution in [3.8, 4) is 0 Å². The molecule has 34 heavy (non-hydrogen) atoms. The average Bonchev–Trinajstić information content (AvgIpc) is 3.09. The largest absolute Gasteiger partial charge is 0.507 e. The van der Waals surface area contributed by atoms with Crippen molar-refractivity contribution in [1.29, 1.82) is 0 Å². The van der Waals surface area contributed by atoms with E-state index in [-0.39, 0.29) is 28.1 Å². The summed E-state index contributed by atoms with van der Waals surface area (Å²) in [6.07, 6.45) is -4.70. The first-order valence-electron chi connectivity index (χ1n) is 9.87. The lowest BCUT2D eigenvalue weighted by Gasteiger charge is -2.26. The van der Waals surface area contributed by atoms with Crippen molar-refractivity contribution in [2.75, 3.05) is 4.90 Å². The predicted octanol–water partition coefficient (Wildman–Crippen LogP) is 5.24. The number of ketones is 1. The molecule has 10 heteroatoms. The van der Waals surface area contributed by atoms with E-state index in [1.54, 1.807) is 18.2 Å². The molecule has 1 amide bonds. The van der Waals surface area contributed by atoms with E-state index in [1.165, 1.54) is 30.3 Å². The minimum absolute atomic E-state index is 0.194. The van der Waals surface area contributed by atoms with Gasteiger partial charge in [-0.2, -0.15) is 13.2 Å². The van der Waals surface area contributed by atoms with E-state index < -0.39 is 40.2 Å². The molecule has 0 radical (unpaired) electrons. The SMILES string of the molecule is O=C1C(=O)N(c2cccc(C(F)(F)F)c2)[C@H](c2ccc([N+](=O)[O-])cc2)/C1=C(\O)c1ccccc1. The molecule has 0 aliphatic carbocycles. The highest BCUT2D eigenvalue weighted by atomic mass is 19.4. The highest BCUT2D eigenvalue weighted by molar-refractivity contribution is 6.51. The van der Waals surface area contributed by atoms with Crippen molar-refractivity contribution < 1.29 is 32.8 Å². The van der Waals surface area contributed by atoms with E-state index in [0.29, 0.717) is 0 Å². The summed E-state index contributed by atoms with van der Waals surface area (Å²) < 4.78 is 39.9. The van der Waals surface area contributed by atoms with Crippen LogP contribution >= 0.6 is 0 Å². The number of non-ortho nitro benzene ring substituents is 1. The van der Waals surface area contributed by atoms with Gasteiger partial charge >= 0.3 is 6.18 Å². The van der Waals surface area contributed by atoms with Crippen molar-refractivity contribution in [2.45, 2.75) is 12.2 Å². The van der Waals surface area contributed by atoms with Crippen LogP contribution in [-0.4, -0.2) is 21.7 Å². The number of benzene rings is 3. The Labute approximate surface area is 190 Å². The Hall–Kier alpha value is -4.47. The van der Waals surface area contributed by atoms with Gasteiger partial charge < -0.3 is 5.11 Å². The van der Waals surface area contributed by atoms with Crippen molar-refractivity contribution in [3.05, 3.63) is 111 Å². The van der Waals surface area contributed by atoms with Gasteiger partial charge in [-0.05, 0) is 35.9 Å². The molecule has 1 heterocycles. The fourth-order valence-electron chi connectivity index (χ4n) is 3.78. The highest BCUT2D eigenvalue weighted by Crippen LogP contribution is 2.43. The molecular weight excluding hydrogens is 453 g/mol. The standard InChI is InChI=1S/C24H15F3N2O5/c25-24(26,27)16-7-4-8-18(13-16)28-20(14-9-11-17(12-10-14)29(33)34)19(22(31)23(28)32)21(30)15-5-2-1-3-6-15/h1-13,20,30H/b21-19+/t20-/m1/s1. The topological polar surface area (TPSA) is 101 Å². The molecule has 3 aromatic rings. The number of nitrogens with zero attached hydrogens (tertiary/aromatic N) is 2. The third-order valence-electron chi connectivity index (χ3n) is 5.36. The molecule has 0 unspecified atom stereocenters. The summed E-state index contributed by atoms with van der Waals surface area (Å²) in [7, 11) is 0. The molecule has 0 saturated carbocycles. The zero-order chi connectivity index (χ0) is 24.6. The number of amides is 1. The van der Waals surface area contributed by atoms with Crippen LogP contribution in [0.3, 0.4) is 0 Å². The van der Waals surface area contributed by atoms with E-state index in [1.807, 2.05) is 0 Å². The first kappa shape index (κ1) is 22.7. The summed E-state index contributed by atoms with van der Waals surface area (Å²) in [5.41, 5.74) is -1.44. The molecule has 1 saturated heterocycles. The van der Waals surface area contributed by atoms with Gasteiger partial charge in [0.25, 0.3) is 17.4 Å². The number of aliphatic hydroxyl groups is 1. The van der Waals surface area contributed by atoms with Crippen LogP contribution in [0, 0.1) is 10.1 Å². The van der Waals surface area contributed by atoms with Gasteiger partial charge in [0, 0.05) is 23.4 Å². The summed E-state index contributed by atoms with van der Waals surface area (Å²) in [6.45, 7) is 0. The number of carbonyl (C=O) groups is 2. The summed E-state index contributed by atoms with van der Waals surface area (Å²) in [6, 6.07) is 15.3. The molecule has 4 rings (SSSR count). The van der Waals surface area contributed by atoms with Crippen molar-refractivity contribution >= 4 is 28.8 Å². The third kappa shape index (κ3) is 4.01. The van der Waals surface area contributed by atoms with Gasteiger partial charge in [0.2, 0.25) is 0 Å². The Kier molecular flexibility index (Phi) is 5.66. The lowest BCUT2D eigenvalue weighted by atomic mass is 9.95. The molecule has 0 spiro atoms. The van der Waals surface area contributed by atoms with Crippen LogP contribution in [0.25, 0.3) is 5.76 Å².